The average molecular weight is 378 g/mol. The summed E-state index contributed by atoms with van der Waals surface area (Å²) in [5.41, 5.74) is 2.17. The zero-order valence-electron chi connectivity index (χ0n) is 13.3. The van der Waals surface area contributed by atoms with Crippen LogP contribution < -0.4 is 10.1 Å². The summed E-state index contributed by atoms with van der Waals surface area (Å²) in [5, 5.41) is 2.89. The van der Waals surface area contributed by atoms with Gasteiger partial charge in [-0.05, 0) is 60.1 Å². The molecule has 1 N–H and O–H groups in total. The van der Waals surface area contributed by atoms with Crippen LogP contribution in [-0.2, 0) is 11.3 Å². The Kier molecular flexibility index (Phi) is 6.62. The zero-order valence-corrected chi connectivity index (χ0v) is 14.9. The first-order valence-corrected chi connectivity index (χ1v) is 8.34. The van der Waals surface area contributed by atoms with Crippen molar-refractivity contribution < 1.29 is 14.3 Å². The van der Waals surface area contributed by atoms with Crippen molar-refractivity contribution in [3.63, 3.8) is 0 Å². The summed E-state index contributed by atoms with van der Waals surface area (Å²) in [6, 6.07) is 12.9. The van der Waals surface area contributed by atoms with Crippen molar-refractivity contribution in [1.82, 2.24) is 0 Å². The van der Waals surface area contributed by atoms with Gasteiger partial charge in [0.15, 0.2) is 0 Å². The second-order valence-corrected chi connectivity index (χ2v) is 5.68. The molecule has 0 unspecified atom stereocenters. The Hall–Kier alpha value is -1.85. The molecule has 2 rings (SSSR count). The first-order chi connectivity index (χ1) is 11.2. The molecule has 0 saturated carbocycles. The molecule has 0 fully saturated rings. The molecule has 0 bridgehead atoms. The van der Waals surface area contributed by atoms with Crippen LogP contribution in [0.25, 0.3) is 0 Å². The largest absolute Gasteiger partial charge is 0.494 e. The summed E-state index contributed by atoms with van der Waals surface area (Å²) in [6.07, 6.45) is 0. The lowest BCUT2D eigenvalue weighted by atomic mass is 10.1. The lowest BCUT2D eigenvalue weighted by molar-refractivity contribution is 0.102. The maximum absolute atomic E-state index is 12.4. The van der Waals surface area contributed by atoms with E-state index < -0.39 is 0 Å². The number of para-hydroxylation sites is 1. The van der Waals surface area contributed by atoms with Gasteiger partial charge in [0, 0.05) is 22.2 Å². The number of carbonyl (C=O) groups excluding carboxylic acids is 1. The van der Waals surface area contributed by atoms with Crippen molar-refractivity contribution in [2.75, 3.05) is 18.5 Å². The van der Waals surface area contributed by atoms with Crippen LogP contribution in [0.3, 0.4) is 0 Å². The molecular weight excluding hydrogens is 358 g/mol. The molecule has 23 heavy (non-hydrogen) atoms. The van der Waals surface area contributed by atoms with Gasteiger partial charge in [-0.2, -0.15) is 0 Å². The Labute approximate surface area is 144 Å². The third-order valence-electron chi connectivity index (χ3n) is 3.21. The van der Waals surface area contributed by atoms with E-state index in [1.165, 1.54) is 0 Å². The Morgan fingerprint density at radius 2 is 1.91 bits per heavy atom. The fourth-order valence-electron chi connectivity index (χ4n) is 2.10. The topological polar surface area (TPSA) is 47.6 Å². The Morgan fingerprint density at radius 3 is 2.61 bits per heavy atom. The quantitative estimate of drug-likeness (QED) is 0.764. The number of carbonyl (C=O) groups is 1. The number of benzene rings is 2. The molecule has 4 nitrogen and oxygen atoms in total. The van der Waals surface area contributed by atoms with Crippen LogP contribution in [0.5, 0.6) is 5.75 Å². The minimum absolute atomic E-state index is 0.169. The first kappa shape index (κ1) is 17.5. The predicted octanol–water partition coefficient (Wildman–Crippen LogP) is 4.64. The van der Waals surface area contributed by atoms with Gasteiger partial charge in [0.2, 0.25) is 0 Å². The van der Waals surface area contributed by atoms with E-state index >= 15 is 0 Å². The van der Waals surface area contributed by atoms with E-state index in [0.717, 1.165) is 21.5 Å². The highest BCUT2D eigenvalue weighted by atomic mass is 79.9. The van der Waals surface area contributed by atoms with Gasteiger partial charge < -0.3 is 14.8 Å². The number of hydrogen-bond acceptors (Lipinski definition) is 3. The molecule has 5 heteroatoms. The number of rotatable bonds is 7. The molecule has 2 aromatic rings. The number of anilines is 1. The minimum Gasteiger partial charge on any atom is -0.494 e. The summed E-state index contributed by atoms with van der Waals surface area (Å²) in [6.45, 7) is 5.46. The summed E-state index contributed by atoms with van der Waals surface area (Å²) >= 11 is 3.42. The highest BCUT2D eigenvalue weighted by Gasteiger charge is 2.12. The fraction of sp³-hybridized carbons (Fsp3) is 0.278. The fourth-order valence-corrected chi connectivity index (χ4v) is 2.48. The Morgan fingerprint density at radius 1 is 1.13 bits per heavy atom. The van der Waals surface area contributed by atoms with Crippen molar-refractivity contribution in [1.29, 1.82) is 0 Å². The minimum atomic E-state index is -0.169. The Bertz CT molecular complexity index is 673. The van der Waals surface area contributed by atoms with Gasteiger partial charge in [0.25, 0.3) is 5.91 Å². The predicted molar refractivity (Wildman–Crippen MR) is 95.0 cm³/mol. The maximum Gasteiger partial charge on any atom is 0.255 e. The lowest BCUT2D eigenvalue weighted by Gasteiger charge is -2.13. The second-order valence-electron chi connectivity index (χ2n) is 4.83. The molecule has 0 atom stereocenters. The van der Waals surface area contributed by atoms with E-state index in [1.807, 2.05) is 50.2 Å². The van der Waals surface area contributed by atoms with Crippen molar-refractivity contribution in [3.8, 4) is 5.75 Å². The normalized spacial score (nSPS) is 10.4. The molecule has 1 amide bonds. The SMILES string of the molecule is CCOCc1cc(C(=O)Nc2ccccc2Br)ccc1OCC. The molecule has 0 spiro atoms. The van der Waals surface area contributed by atoms with E-state index in [4.69, 9.17) is 9.47 Å². The van der Waals surface area contributed by atoms with Gasteiger partial charge in [-0.15, -0.1) is 0 Å². The molecule has 0 aliphatic heterocycles. The summed E-state index contributed by atoms with van der Waals surface area (Å²) in [7, 11) is 0. The monoisotopic (exact) mass is 377 g/mol. The van der Waals surface area contributed by atoms with Crippen LogP contribution in [0.1, 0.15) is 29.8 Å². The smallest absolute Gasteiger partial charge is 0.255 e. The molecule has 0 aliphatic carbocycles. The highest BCUT2D eigenvalue weighted by molar-refractivity contribution is 9.10. The first-order valence-electron chi connectivity index (χ1n) is 7.55. The van der Waals surface area contributed by atoms with Crippen LogP contribution in [0.4, 0.5) is 5.69 Å². The van der Waals surface area contributed by atoms with Crippen LogP contribution in [0, 0.1) is 0 Å². The van der Waals surface area contributed by atoms with E-state index in [2.05, 4.69) is 21.2 Å². The van der Waals surface area contributed by atoms with Gasteiger partial charge in [-0.1, -0.05) is 12.1 Å². The number of halogens is 1. The molecule has 2 aromatic carbocycles. The van der Waals surface area contributed by atoms with Crippen LogP contribution in [-0.4, -0.2) is 19.1 Å². The van der Waals surface area contributed by atoms with Crippen molar-refractivity contribution in [2.45, 2.75) is 20.5 Å². The summed E-state index contributed by atoms with van der Waals surface area (Å²) in [5.74, 6) is 0.580. The van der Waals surface area contributed by atoms with Gasteiger partial charge >= 0.3 is 0 Å². The molecule has 0 heterocycles. The standard InChI is InChI=1S/C18H20BrNO3/c1-3-22-12-14-11-13(9-10-17(14)23-4-2)18(21)20-16-8-6-5-7-15(16)19/h5-11H,3-4,12H2,1-2H3,(H,20,21). The zero-order chi connectivity index (χ0) is 16.7. The van der Waals surface area contributed by atoms with Crippen LogP contribution in [0.2, 0.25) is 0 Å². The number of amides is 1. The number of nitrogens with one attached hydrogen (secondary N) is 1. The molecule has 0 radical (unpaired) electrons. The third-order valence-corrected chi connectivity index (χ3v) is 3.90. The van der Waals surface area contributed by atoms with E-state index in [1.54, 1.807) is 6.07 Å². The summed E-state index contributed by atoms with van der Waals surface area (Å²) in [4.78, 5) is 12.4. The van der Waals surface area contributed by atoms with E-state index in [0.29, 0.717) is 25.4 Å². The van der Waals surface area contributed by atoms with Crippen LogP contribution >= 0.6 is 15.9 Å². The van der Waals surface area contributed by atoms with Gasteiger partial charge in [0.05, 0.1) is 18.9 Å². The van der Waals surface area contributed by atoms with E-state index in [9.17, 15) is 4.79 Å². The number of ether oxygens (including phenoxy) is 2. The molecule has 0 saturated heterocycles. The van der Waals surface area contributed by atoms with Crippen molar-refractivity contribution in [3.05, 3.63) is 58.1 Å². The van der Waals surface area contributed by atoms with E-state index in [-0.39, 0.29) is 5.91 Å². The third kappa shape index (κ3) is 4.81. The van der Waals surface area contributed by atoms with Crippen LogP contribution in [0.15, 0.2) is 46.9 Å². The van der Waals surface area contributed by atoms with Crippen molar-refractivity contribution in [2.24, 2.45) is 0 Å². The van der Waals surface area contributed by atoms with Gasteiger partial charge in [-0.3, -0.25) is 4.79 Å². The molecule has 0 aromatic heterocycles. The summed E-state index contributed by atoms with van der Waals surface area (Å²) < 4.78 is 11.9. The Balaban J connectivity index is 2.21. The molecule has 122 valence electrons. The molecular formula is C18H20BrNO3. The average Bonchev–Trinajstić information content (AvgIpc) is 2.56. The van der Waals surface area contributed by atoms with Crippen molar-refractivity contribution >= 4 is 27.5 Å². The second kappa shape index (κ2) is 8.70. The highest BCUT2D eigenvalue weighted by Crippen LogP contribution is 2.24. The molecule has 0 aliphatic rings. The number of hydrogen-bond donors (Lipinski definition) is 1. The lowest BCUT2D eigenvalue weighted by Crippen LogP contribution is -2.13. The van der Waals surface area contributed by atoms with Gasteiger partial charge in [-0.25, -0.2) is 0 Å². The van der Waals surface area contributed by atoms with Gasteiger partial charge in [0.1, 0.15) is 5.75 Å². The maximum atomic E-state index is 12.4.